The second-order valence-electron chi connectivity index (χ2n) is 4.56. The lowest BCUT2D eigenvalue weighted by Gasteiger charge is -2.12. The van der Waals surface area contributed by atoms with Crippen LogP contribution in [0, 0.1) is 15.5 Å². The molecular formula is C12H15NO4. The topological polar surface area (TPSA) is 72.6 Å². The number of nitro benzene ring substituents is 1. The maximum absolute atomic E-state index is 11.1. The molecule has 1 fully saturated rings. The minimum Gasteiger partial charge on any atom is -0.490 e. The van der Waals surface area contributed by atoms with Crippen molar-refractivity contribution in [1.82, 2.24) is 0 Å². The van der Waals surface area contributed by atoms with E-state index in [9.17, 15) is 15.2 Å². The first-order valence-corrected chi connectivity index (χ1v) is 5.53. The molecule has 0 heterocycles. The van der Waals surface area contributed by atoms with Gasteiger partial charge in [-0.25, -0.2) is 0 Å². The molecular weight excluding hydrogens is 222 g/mol. The van der Waals surface area contributed by atoms with Gasteiger partial charge in [-0.05, 0) is 30.7 Å². The van der Waals surface area contributed by atoms with E-state index in [1.54, 1.807) is 18.2 Å². The Balaban J connectivity index is 2.36. The quantitative estimate of drug-likeness (QED) is 0.627. The smallest absolute Gasteiger partial charge is 0.314 e. The van der Waals surface area contributed by atoms with Gasteiger partial charge in [0.2, 0.25) is 0 Å². The first kappa shape index (κ1) is 11.9. The number of ether oxygens (including phenoxy) is 1. The fraction of sp³-hybridized carbons (Fsp3) is 0.500. The summed E-state index contributed by atoms with van der Waals surface area (Å²) >= 11 is 0. The van der Waals surface area contributed by atoms with Crippen molar-refractivity contribution < 1.29 is 14.8 Å². The van der Waals surface area contributed by atoms with Crippen LogP contribution in [0.25, 0.3) is 0 Å². The Morgan fingerprint density at radius 1 is 1.53 bits per heavy atom. The molecule has 1 aromatic carbocycles. The van der Waals surface area contributed by atoms with Crippen LogP contribution in [0.15, 0.2) is 18.2 Å². The predicted octanol–water partition coefficient (Wildman–Crippen LogP) is 1.92. The predicted molar refractivity (Wildman–Crippen MR) is 62.1 cm³/mol. The molecule has 92 valence electrons. The van der Waals surface area contributed by atoms with Crippen molar-refractivity contribution in [3.8, 4) is 5.75 Å². The monoisotopic (exact) mass is 237 g/mol. The highest BCUT2D eigenvalue weighted by Gasteiger charge is 2.43. The van der Waals surface area contributed by atoms with E-state index in [1.807, 2.05) is 0 Å². The Kier molecular flexibility index (Phi) is 3.02. The highest BCUT2D eigenvalue weighted by Crippen LogP contribution is 2.49. The minimum atomic E-state index is -0.415. The van der Waals surface area contributed by atoms with Crippen LogP contribution < -0.4 is 4.74 Å². The maximum atomic E-state index is 11.1. The van der Waals surface area contributed by atoms with E-state index in [-0.39, 0.29) is 23.5 Å². The van der Waals surface area contributed by atoms with E-state index in [0.29, 0.717) is 12.0 Å². The van der Waals surface area contributed by atoms with Gasteiger partial charge in [0.1, 0.15) is 0 Å². The van der Waals surface area contributed by atoms with Gasteiger partial charge >= 0.3 is 5.69 Å². The molecule has 0 aromatic heterocycles. The van der Waals surface area contributed by atoms with Crippen molar-refractivity contribution in [1.29, 1.82) is 0 Å². The average Bonchev–Trinajstić information content (AvgIpc) is 3.08. The standard InChI is InChI=1S/C12H15NO4/c1-17-10-4-2-3-9(11(10)13(15)16)7-12(8-14)5-6-12/h2-4,14H,5-8H2,1H3. The molecule has 0 unspecified atom stereocenters. The van der Waals surface area contributed by atoms with Crippen molar-refractivity contribution in [2.24, 2.45) is 5.41 Å². The summed E-state index contributed by atoms with van der Waals surface area (Å²) < 4.78 is 5.01. The molecule has 1 aromatic rings. The van der Waals surface area contributed by atoms with E-state index in [0.717, 1.165) is 12.8 Å². The Bertz CT molecular complexity index is 440. The van der Waals surface area contributed by atoms with Crippen LogP contribution in [-0.4, -0.2) is 23.7 Å². The number of nitrogens with zero attached hydrogens (tertiary/aromatic N) is 1. The molecule has 0 saturated heterocycles. The molecule has 1 aliphatic carbocycles. The zero-order valence-electron chi connectivity index (χ0n) is 9.68. The summed E-state index contributed by atoms with van der Waals surface area (Å²) in [6.45, 7) is 0.0847. The Hall–Kier alpha value is -1.62. The third kappa shape index (κ3) is 2.24. The third-order valence-electron chi connectivity index (χ3n) is 3.34. The lowest BCUT2D eigenvalue weighted by atomic mass is 9.96. The van der Waals surface area contributed by atoms with E-state index in [2.05, 4.69) is 0 Å². The normalized spacial score (nSPS) is 16.6. The van der Waals surface area contributed by atoms with Crippen molar-refractivity contribution in [2.45, 2.75) is 19.3 Å². The van der Waals surface area contributed by atoms with Gasteiger partial charge in [-0.1, -0.05) is 12.1 Å². The molecule has 0 atom stereocenters. The summed E-state index contributed by atoms with van der Waals surface area (Å²) in [6, 6.07) is 5.06. The molecule has 1 aliphatic rings. The average molecular weight is 237 g/mol. The number of rotatable bonds is 5. The second-order valence-corrected chi connectivity index (χ2v) is 4.56. The molecule has 1 N–H and O–H groups in total. The zero-order chi connectivity index (χ0) is 12.5. The summed E-state index contributed by atoms with van der Waals surface area (Å²) in [4.78, 5) is 10.6. The van der Waals surface area contributed by atoms with Crippen molar-refractivity contribution in [2.75, 3.05) is 13.7 Å². The van der Waals surface area contributed by atoms with E-state index >= 15 is 0 Å². The molecule has 1 saturated carbocycles. The lowest BCUT2D eigenvalue weighted by Crippen LogP contribution is -2.11. The number of hydrogen-bond acceptors (Lipinski definition) is 4. The van der Waals surface area contributed by atoms with Gasteiger partial charge in [0.05, 0.1) is 12.0 Å². The first-order valence-electron chi connectivity index (χ1n) is 5.53. The van der Waals surface area contributed by atoms with Crippen LogP contribution in [0.1, 0.15) is 18.4 Å². The lowest BCUT2D eigenvalue weighted by molar-refractivity contribution is -0.386. The van der Waals surface area contributed by atoms with Crippen molar-refractivity contribution in [3.63, 3.8) is 0 Å². The number of hydrogen-bond donors (Lipinski definition) is 1. The molecule has 5 nitrogen and oxygen atoms in total. The number of aliphatic hydroxyl groups excluding tert-OH is 1. The van der Waals surface area contributed by atoms with Crippen LogP contribution in [0.3, 0.4) is 0 Å². The molecule has 0 radical (unpaired) electrons. The van der Waals surface area contributed by atoms with Crippen molar-refractivity contribution >= 4 is 5.69 Å². The Morgan fingerprint density at radius 3 is 2.71 bits per heavy atom. The van der Waals surface area contributed by atoms with E-state index < -0.39 is 4.92 Å². The number of benzene rings is 1. The SMILES string of the molecule is COc1cccc(CC2(CO)CC2)c1[N+](=O)[O-]. The number of nitro groups is 1. The fourth-order valence-electron chi connectivity index (χ4n) is 2.05. The number of para-hydroxylation sites is 1. The minimum absolute atomic E-state index is 0.0229. The third-order valence-corrected chi connectivity index (χ3v) is 3.34. The number of methoxy groups -OCH3 is 1. The van der Waals surface area contributed by atoms with Gasteiger partial charge in [-0.15, -0.1) is 0 Å². The highest BCUT2D eigenvalue weighted by atomic mass is 16.6. The second kappa shape index (κ2) is 4.33. The molecule has 0 amide bonds. The summed E-state index contributed by atoms with van der Waals surface area (Å²) in [5.74, 6) is 0.279. The highest BCUT2D eigenvalue weighted by molar-refractivity contribution is 5.53. The van der Waals surface area contributed by atoms with E-state index in [1.165, 1.54) is 7.11 Å². The summed E-state index contributed by atoms with van der Waals surface area (Å²) in [7, 11) is 1.42. The van der Waals surface area contributed by atoms with Gasteiger partial charge in [0.15, 0.2) is 5.75 Å². The molecule has 0 bridgehead atoms. The molecule has 2 rings (SSSR count). The largest absolute Gasteiger partial charge is 0.490 e. The fourth-order valence-corrected chi connectivity index (χ4v) is 2.05. The van der Waals surface area contributed by atoms with E-state index in [4.69, 9.17) is 4.74 Å². The molecule has 5 heteroatoms. The van der Waals surface area contributed by atoms with Gasteiger partial charge in [0, 0.05) is 12.2 Å². The van der Waals surface area contributed by atoms with Gasteiger partial charge in [0.25, 0.3) is 0 Å². The van der Waals surface area contributed by atoms with Crippen molar-refractivity contribution in [3.05, 3.63) is 33.9 Å². The summed E-state index contributed by atoms with van der Waals surface area (Å²) in [6.07, 6.45) is 2.40. The first-order chi connectivity index (χ1) is 8.12. The summed E-state index contributed by atoms with van der Waals surface area (Å²) in [5.41, 5.74) is 0.521. The summed E-state index contributed by atoms with van der Waals surface area (Å²) in [5, 5.41) is 20.3. The Labute approximate surface area is 99.2 Å². The Morgan fingerprint density at radius 2 is 2.24 bits per heavy atom. The number of aliphatic hydroxyl groups is 1. The van der Waals surface area contributed by atoms with Gasteiger partial charge < -0.3 is 9.84 Å². The zero-order valence-corrected chi connectivity index (χ0v) is 9.68. The van der Waals surface area contributed by atoms with Crippen LogP contribution >= 0.6 is 0 Å². The molecule has 0 spiro atoms. The molecule has 17 heavy (non-hydrogen) atoms. The van der Waals surface area contributed by atoms with Crippen LogP contribution in [-0.2, 0) is 6.42 Å². The van der Waals surface area contributed by atoms with Crippen LogP contribution in [0.4, 0.5) is 5.69 Å². The van der Waals surface area contributed by atoms with Gasteiger partial charge in [-0.2, -0.15) is 0 Å². The molecule has 0 aliphatic heterocycles. The van der Waals surface area contributed by atoms with Crippen LogP contribution in [0.2, 0.25) is 0 Å². The van der Waals surface area contributed by atoms with Gasteiger partial charge in [-0.3, -0.25) is 10.1 Å². The van der Waals surface area contributed by atoms with Crippen LogP contribution in [0.5, 0.6) is 5.75 Å². The maximum Gasteiger partial charge on any atom is 0.314 e.